The van der Waals surface area contributed by atoms with Gasteiger partial charge in [0.15, 0.2) is 0 Å². The molecule has 6 heteroatoms. The van der Waals surface area contributed by atoms with Crippen LogP contribution in [0.2, 0.25) is 0 Å². The van der Waals surface area contributed by atoms with Gasteiger partial charge < -0.3 is 15.5 Å². The minimum Gasteiger partial charge on any atom is -0.352 e. The fourth-order valence-electron chi connectivity index (χ4n) is 2.99. The summed E-state index contributed by atoms with van der Waals surface area (Å²) in [7, 11) is 0. The number of hydrogen-bond donors (Lipinski definition) is 2. The number of halogens is 2. The van der Waals surface area contributed by atoms with Crippen molar-refractivity contribution in [2.24, 2.45) is 0 Å². The summed E-state index contributed by atoms with van der Waals surface area (Å²) in [6.07, 6.45) is 6.83. The number of likely N-dealkylation sites (tertiary alicyclic amines) is 1. The molecule has 1 unspecified atom stereocenters. The molecule has 20 heavy (non-hydrogen) atoms. The number of carbonyl (C=O) groups is 1. The molecule has 2 N–H and O–H groups in total. The number of carbonyl (C=O) groups excluding carboxylic acids is 1. The van der Waals surface area contributed by atoms with Crippen molar-refractivity contribution in [2.45, 2.75) is 57.5 Å². The van der Waals surface area contributed by atoms with Gasteiger partial charge in [-0.3, -0.25) is 4.79 Å². The molecule has 2 rings (SSSR count). The van der Waals surface area contributed by atoms with Gasteiger partial charge in [0.2, 0.25) is 5.91 Å². The second kappa shape index (κ2) is 10.7. The summed E-state index contributed by atoms with van der Waals surface area (Å²) in [4.78, 5) is 14.6. The normalized spacial score (nSPS) is 24.4. The third-order valence-corrected chi connectivity index (χ3v) is 4.10. The Morgan fingerprint density at radius 2 is 1.90 bits per heavy atom. The first-order valence-corrected chi connectivity index (χ1v) is 7.55. The van der Waals surface area contributed by atoms with Crippen LogP contribution in [0.3, 0.4) is 0 Å². The average molecular weight is 326 g/mol. The molecule has 0 bridgehead atoms. The fourth-order valence-corrected chi connectivity index (χ4v) is 2.99. The van der Waals surface area contributed by atoms with E-state index in [1.165, 1.54) is 25.8 Å². The zero-order valence-electron chi connectivity index (χ0n) is 12.4. The first-order chi connectivity index (χ1) is 8.79. The van der Waals surface area contributed by atoms with Gasteiger partial charge in [0.1, 0.15) is 0 Å². The Labute approximate surface area is 135 Å². The first-order valence-electron chi connectivity index (χ1n) is 7.55. The monoisotopic (exact) mass is 325 g/mol. The SMILES string of the molecule is CCCN1CCC(NC(=O)C2CCCCN2)CC1.Cl.Cl. The van der Waals surface area contributed by atoms with Crippen molar-refractivity contribution < 1.29 is 4.79 Å². The van der Waals surface area contributed by atoms with Crippen molar-refractivity contribution in [3.8, 4) is 0 Å². The molecule has 2 fully saturated rings. The molecule has 0 aliphatic carbocycles. The van der Waals surface area contributed by atoms with E-state index in [0.717, 1.165) is 38.9 Å². The summed E-state index contributed by atoms with van der Waals surface area (Å²) in [6.45, 7) is 6.69. The van der Waals surface area contributed by atoms with Crippen molar-refractivity contribution in [3.05, 3.63) is 0 Å². The second-order valence-electron chi connectivity index (χ2n) is 5.63. The van der Waals surface area contributed by atoms with E-state index in [4.69, 9.17) is 0 Å². The van der Waals surface area contributed by atoms with Crippen LogP contribution < -0.4 is 10.6 Å². The Morgan fingerprint density at radius 1 is 1.20 bits per heavy atom. The molecule has 120 valence electrons. The Morgan fingerprint density at radius 3 is 2.45 bits per heavy atom. The number of amides is 1. The smallest absolute Gasteiger partial charge is 0.237 e. The Hall–Kier alpha value is -0.0300. The minimum atomic E-state index is 0. The molecule has 1 atom stereocenters. The highest BCUT2D eigenvalue weighted by Crippen LogP contribution is 2.12. The van der Waals surface area contributed by atoms with Gasteiger partial charge >= 0.3 is 0 Å². The third kappa shape index (κ3) is 6.17. The van der Waals surface area contributed by atoms with E-state index in [1.807, 2.05) is 0 Å². The predicted molar refractivity (Wildman–Crippen MR) is 88.0 cm³/mol. The summed E-state index contributed by atoms with van der Waals surface area (Å²) in [5.41, 5.74) is 0. The molecule has 0 spiro atoms. The van der Waals surface area contributed by atoms with Crippen molar-refractivity contribution in [1.82, 2.24) is 15.5 Å². The highest BCUT2D eigenvalue weighted by atomic mass is 35.5. The molecular weight excluding hydrogens is 297 g/mol. The highest BCUT2D eigenvalue weighted by molar-refractivity contribution is 5.85. The van der Waals surface area contributed by atoms with Crippen molar-refractivity contribution in [3.63, 3.8) is 0 Å². The minimum absolute atomic E-state index is 0. The highest BCUT2D eigenvalue weighted by Gasteiger charge is 2.25. The van der Waals surface area contributed by atoms with Gasteiger partial charge in [-0.05, 0) is 45.2 Å². The molecule has 4 nitrogen and oxygen atoms in total. The summed E-state index contributed by atoms with van der Waals surface area (Å²) in [5, 5.41) is 6.54. The number of rotatable bonds is 4. The molecule has 0 aromatic carbocycles. The Balaban J connectivity index is 0.00000180. The largest absolute Gasteiger partial charge is 0.352 e. The Bertz CT molecular complexity index is 265. The second-order valence-corrected chi connectivity index (χ2v) is 5.63. The van der Waals surface area contributed by atoms with E-state index in [1.54, 1.807) is 0 Å². The molecule has 0 saturated carbocycles. The van der Waals surface area contributed by atoms with Crippen molar-refractivity contribution in [1.29, 1.82) is 0 Å². The summed E-state index contributed by atoms with van der Waals surface area (Å²) in [6, 6.07) is 0.460. The number of nitrogens with one attached hydrogen (secondary N) is 2. The molecule has 0 radical (unpaired) electrons. The van der Waals surface area contributed by atoms with Gasteiger partial charge in [-0.2, -0.15) is 0 Å². The lowest BCUT2D eigenvalue weighted by Gasteiger charge is -2.33. The van der Waals surface area contributed by atoms with E-state index in [-0.39, 0.29) is 36.8 Å². The van der Waals surface area contributed by atoms with Crippen LogP contribution in [0.4, 0.5) is 0 Å². The van der Waals surface area contributed by atoms with Gasteiger partial charge in [0, 0.05) is 19.1 Å². The maximum absolute atomic E-state index is 12.1. The van der Waals surface area contributed by atoms with Gasteiger partial charge in [-0.1, -0.05) is 13.3 Å². The van der Waals surface area contributed by atoms with Crippen LogP contribution in [0.5, 0.6) is 0 Å². The van der Waals surface area contributed by atoms with Crippen LogP contribution in [0.25, 0.3) is 0 Å². The quantitative estimate of drug-likeness (QED) is 0.830. The van der Waals surface area contributed by atoms with Crippen LogP contribution in [0.15, 0.2) is 0 Å². The molecule has 2 heterocycles. The maximum Gasteiger partial charge on any atom is 0.237 e. The molecule has 0 aromatic rings. The summed E-state index contributed by atoms with van der Waals surface area (Å²) >= 11 is 0. The van der Waals surface area contributed by atoms with Gasteiger partial charge in [-0.25, -0.2) is 0 Å². The summed E-state index contributed by atoms with van der Waals surface area (Å²) in [5.74, 6) is 0.226. The number of hydrogen-bond acceptors (Lipinski definition) is 3. The van der Waals surface area contributed by atoms with Gasteiger partial charge in [0.25, 0.3) is 0 Å². The van der Waals surface area contributed by atoms with Crippen LogP contribution in [-0.2, 0) is 4.79 Å². The molecule has 1 amide bonds. The van der Waals surface area contributed by atoms with E-state index < -0.39 is 0 Å². The van der Waals surface area contributed by atoms with Gasteiger partial charge in [0.05, 0.1) is 6.04 Å². The molecule has 0 aromatic heterocycles. The molecule has 2 saturated heterocycles. The van der Waals surface area contributed by atoms with Crippen LogP contribution >= 0.6 is 24.8 Å². The van der Waals surface area contributed by atoms with E-state index >= 15 is 0 Å². The third-order valence-electron chi connectivity index (χ3n) is 4.10. The first kappa shape index (κ1) is 20.0. The van der Waals surface area contributed by atoms with E-state index in [2.05, 4.69) is 22.5 Å². The maximum atomic E-state index is 12.1. The fraction of sp³-hybridized carbons (Fsp3) is 0.929. The van der Waals surface area contributed by atoms with E-state index in [9.17, 15) is 4.79 Å². The molecule has 2 aliphatic heterocycles. The Kier molecular flexibility index (Phi) is 10.6. The number of piperidine rings is 2. The topological polar surface area (TPSA) is 44.4 Å². The molecule has 2 aliphatic rings. The van der Waals surface area contributed by atoms with E-state index in [0.29, 0.717) is 6.04 Å². The van der Waals surface area contributed by atoms with Crippen LogP contribution in [-0.4, -0.2) is 49.1 Å². The average Bonchev–Trinajstić information content (AvgIpc) is 2.42. The number of nitrogens with zero attached hydrogens (tertiary/aromatic N) is 1. The zero-order valence-corrected chi connectivity index (χ0v) is 14.0. The molecular formula is C14H29Cl2N3O. The van der Waals surface area contributed by atoms with Crippen LogP contribution in [0, 0.1) is 0 Å². The summed E-state index contributed by atoms with van der Waals surface area (Å²) < 4.78 is 0. The lowest BCUT2D eigenvalue weighted by atomic mass is 10.0. The van der Waals surface area contributed by atoms with Gasteiger partial charge in [-0.15, -0.1) is 24.8 Å². The zero-order chi connectivity index (χ0) is 12.8. The lowest BCUT2D eigenvalue weighted by molar-refractivity contribution is -0.124. The van der Waals surface area contributed by atoms with Crippen molar-refractivity contribution in [2.75, 3.05) is 26.2 Å². The predicted octanol–water partition coefficient (Wildman–Crippen LogP) is 1.96. The van der Waals surface area contributed by atoms with Crippen LogP contribution in [0.1, 0.15) is 45.4 Å². The van der Waals surface area contributed by atoms with Crippen molar-refractivity contribution >= 4 is 30.7 Å². The standard InChI is InChI=1S/C14H27N3O.2ClH/c1-2-9-17-10-6-12(7-11-17)16-14(18)13-5-3-4-8-15-13;;/h12-13,15H,2-11H2,1H3,(H,16,18);2*1H. The lowest BCUT2D eigenvalue weighted by Crippen LogP contribution is -2.52.